The summed E-state index contributed by atoms with van der Waals surface area (Å²) in [4.78, 5) is 33.2. The number of rotatable bonds is 3. The predicted octanol–water partition coefficient (Wildman–Crippen LogP) is 3.46. The molecule has 0 unspecified atom stereocenters. The fraction of sp³-hybridized carbons (Fsp3) is 0.739. The van der Waals surface area contributed by atoms with Crippen molar-refractivity contribution < 1.29 is 9.59 Å². The van der Waals surface area contributed by atoms with E-state index in [2.05, 4.69) is 15.1 Å². The zero-order chi connectivity index (χ0) is 20.7. The Hall–Kier alpha value is -1.60. The maximum atomic E-state index is 12.8. The van der Waals surface area contributed by atoms with Crippen LogP contribution >= 0.6 is 11.3 Å². The highest BCUT2D eigenvalue weighted by Gasteiger charge is 2.44. The summed E-state index contributed by atoms with van der Waals surface area (Å²) in [6.45, 7) is 5.90. The van der Waals surface area contributed by atoms with Gasteiger partial charge in [0.1, 0.15) is 0 Å². The molecular formula is C23H34N4O2S. The number of carbonyl (C=O) groups is 2. The molecule has 30 heavy (non-hydrogen) atoms. The summed E-state index contributed by atoms with van der Waals surface area (Å²) in [5.41, 5.74) is 1.10. The highest BCUT2D eigenvalue weighted by Crippen LogP contribution is 2.33. The van der Waals surface area contributed by atoms with Crippen LogP contribution in [-0.4, -0.2) is 77.0 Å². The molecular weight excluding hydrogens is 396 g/mol. The molecule has 1 aromatic rings. The quantitative estimate of drug-likeness (QED) is 0.799. The SMILES string of the molecule is Cc1ccsc1C(=O)N1CCC(N2CCC(N3C(=O)N[C@H]4CCCC[C@@H]43)CC2)CC1. The van der Waals surface area contributed by atoms with E-state index in [-0.39, 0.29) is 11.9 Å². The third kappa shape index (κ3) is 3.75. The van der Waals surface area contributed by atoms with Crippen LogP contribution in [0.25, 0.3) is 0 Å². The summed E-state index contributed by atoms with van der Waals surface area (Å²) in [6.07, 6.45) is 9.13. The molecule has 3 aliphatic heterocycles. The molecule has 1 N–H and O–H groups in total. The number of carbonyl (C=O) groups excluding carboxylic acids is 2. The van der Waals surface area contributed by atoms with Gasteiger partial charge in [-0.1, -0.05) is 12.8 Å². The summed E-state index contributed by atoms with van der Waals surface area (Å²) in [5, 5.41) is 5.25. The molecule has 3 saturated heterocycles. The third-order valence-electron chi connectivity index (χ3n) is 7.85. The molecule has 5 rings (SSSR count). The van der Waals surface area contributed by atoms with E-state index in [0.29, 0.717) is 24.2 Å². The first kappa shape index (κ1) is 20.3. The van der Waals surface area contributed by atoms with Gasteiger partial charge in [0, 0.05) is 38.3 Å². The molecule has 6 nitrogen and oxygen atoms in total. The second-order valence-corrected chi connectivity index (χ2v) is 10.5. The van der Waals surface area contributed by atoms with Gasteiger partial charge in [-0.15, -0.1) is 11.3 Å². The molecule has 4 heterocycles. The Kier molecular flexibility index (Phi) is 5.75. The van der Waals surface area contributed by atoms with Gasteiger partial charge in [0.2, 0.25) is 0 Å². The average Bonchev–Trinajstić information content (AvgIpc) is 3.35. The first-order valence-electron chi connectivity index (χ1n) is 11.8. The third-order valence-corrected chi connectivity index (χ3v) is 8.85. The molecule has 7 heteroatoms. The van der Waals surface area contributed by atoms with Crippen molar-refractivity contribution in [2.75, 3.05) is 26.2 Å². The summed E-state index contributed by atoms with van der Waals surface area (Å²) in [5.74, 6) is 0.210. The molecule has 0 spiro atoms. The molecule has 2 atom stereocenters. The lowest BCUT2D eigenvalue weighted by molar-refractivity contribution is 0.0474. The van der Waals surface area contributed by atoms with E-state index < -0.39 is 0 Å². The highest BCUT2D eigenvalue weighted by molar-refractivity contribution is 7.12. The molecule has 0 radical (unpaired) electrons. The lowest BCUT2D eigenvalue weighted by Gasteiger charge is -2.44. The lowest BCUT2D eigenvalue weighted by Crippen LogP contribution is -2.53. The van der Waals surface area contributed by atoms with Crippen LogP contribution < -0.4 is 5.32 Å². The Morgan fingerprint density at radius 1 is 1.00 bits per heavy atom. The standard InChI is InChI=1S/C23H34N4O2S/c1-16-10-15-30-21(16)22(28)26-13-6-17(7-14-26)25-11-8-18(9-12-25)27-20-5-3-2-4-19(20)24-23(27)29/h10,15,17-20H,2-9,11-14H2,1H3,(H,24,29)/t19-,20-/m0/s1. The van der Waals surface area contributed by atoms with Gasteiger partial charge >= 0.3 is 6.03 Å². The second kappa shape index (κ2) is 8.50. The van der Waals surface area contributed by atoms with Gasteiger partial charge in [-0.05, 0) is 62.5 Å². The Morgan fingerprint density at radius 3 is 2.40 bits per heavy atom. The van der Waals surface area contributed by atoms with Crippen molar-refractivity contribution in [1.82, 2.24) is 20.0 Å². The molecule has 4 aliphatic rings. The lowest BCUT2D eigenvalue weighted by atomic mass is 9.89. The number of likely N-dealkylation sites (tertiary alicyclic amines) is 2. The van der Waals surface area contributed by atoms with E-state index in [0.717, 1.165) is 68.7 Å². The van der Waals surface area contributed by atoms with Gasteiger partial charge in [-0.2, -0.15) is 0 Å². The molecule has 164 valence electrons. The number of piperidine rings is 2. The number of nitrogens with one attached hydrogen (secondary N) is 1. The summed E-state index contributed by atoms with van der Waals surface area (Å²) < 4.78 is 0. The van der Waals surface area contributed by atoms with Crippen molar-refractivity contribution in [2.45, 2.75) is 82.5 Å². The fourth-order valence-electron chi connectivity index (χ4n) is 6.13. The van der Waals surface area contributed by atoms with Crippen molar-refractivity contribution in [1.29, 1.82) is 0 Å². The minimum absolute atomic E-state index is 0.182. The van der Waals surface area contributed by atoms with Crippen LogP contribution in [-0.2, 0) is 0 Å². The summed E-state index contributed by atoms with van der Waals surface area (Å²) >= 11 is 1.56. The van der Waals surface area contributed by atoms with Crippen LogP contribution in [0, 0.1) is 6.92 Å². The van der Waals surface area contributed by atoms with Crippen LogP contribution in [0.3, 0.4) is 0 Å². The zero-order valence-corrected chi connectivity index (χ0v) is 18.8. The summed E-state index contributed by atoms with van der Waals surface area (Å²) in [6, 6.07) is 4.01. The van der Waals surface area contributed by atoms with E-state index in [9.17, 15) is 9.59 Å². The molecule has 1 aliphatic carbocycles. The maximum absolute atomic E-state index is 12.8. The van der Waals surface area contributed by atoms with Gasteiger partial charge in [-0.25, -0.2) is 4.79 Å². The van der Waals surface area contributed by atoms with Crippen molar-refractivity contribution in [3.63, 3.8) is 0 Å². The van der Waals surface area contributed by atoms with E-state index in [1.54, 1.807) is 11.3 Å². The number of aryl methyl sites for hydroxylation is 1. The van der Waals surface area contributed by atoms with Crippen LogP contribution in [0.5, 0.6) is 0 Å². The highest BCUT2D eigenvalue weighted by atomic mass is 32.1. The summed E-state index contributed by atoms with van der Waals surface area (Å²) in [7, 11) is 0. The number of hydrogen-bond acceptors (Lipinski definition) is 4. The maximum Gasteiger partial charge on any atom is 0.318 e. The van der Waals surface area contributed by atoms with Crippen molar-refractivity contribution >= 4 is 23.3 Å². The van der Waals surface area contributed by atoms with Crippen LogP contribution in [0.1, 0.15) is 66.6 Å². The van der Waals surface area contributed by atoms with Crippen LogP contribution in [0.4, 0.5) is 4.79 Å². The topological polar surface area (TPSA) is 55.9 Å². The molecule has 0 bridgehead atoms. The fourth-order valence-corrected chi connectivity index (χ4v) is 7.02. The minimum Gasteiger partial charge on any atom is -0.338 e. The van der Waals surface area contributed by atoms with E-state index >= 15 is 0 Å². The van der Waals surface area contributed by atoms with Gasteiger partial charge < -0.3 is 20.0 Å². The smallest absolute Gasteiger partial charge is 0.318 e. The first-order valence-corrected chi connectivity index (χ1v) is 12.7. The van der Waals surface area contributed by atoms with Gasteiger partial charge in [-0.3, -0.25) is 4.79 Å². The van der Waals surface area contributed by atoms with Crippen molar-refractivity contribution in [3.8, 4) is 0 Å². The van der Waals surface area contributed by atoms with E-state index in [1.807, 2.05) is 23.3 Å². The molecule has 1 aromatic heterocycles. The average molecular weight is 431 g/mol. The Morgan fingerprint density at radius 2 is 1.70 bits per heavy atom. The Balaban J connectivity index is 1.12. The largest absolute Gasteiger partial charge is 0.338 e. The minimum atomic E-state index is 0.182. The monoisotopic (exact) mass is 430 g/mol. The number of thiophene rings is 1. The van der Waals surface area contributed by atoms with E-state index in [4.69, 9.17) is 0 Å². The zero-order valence-electron chi connectivity index (χ0n) is 18.0. The number of amides is 3. The van der Waals surface area contributed by atoms with Crippen molar-refractivity contribution in [3.05, 3.63) is 21.9 Å². The van der Waals surface area contributed by atoms with Crippen LogP contribution in [0.15, 0.2) is 11.4 Å². The molecule has 4 fully saturated rings. The second-order valence-electron chi connectivity index (χ2n) is 9.54. The van der Waals surface area contributed by atoms with Gasteiger partial charge in [0.25, 0.3) is 5.91 Å². The first-order chi connectivity index (χ1) is 14.6. The van der Waals surface area contributed by atoms with Gasteiger partial charge in [0.05, 0.1) is 17.0 Å². The molecule has 1 saturated carbocycles. The number of nitrogens with zero attached hydrogens (tertiary/aromatic N) is 3. The normalized spacial score (nSPS) is 29.2. The molecule has 3 amide bonds. The number of fused-ring (bicyclic) bond motifs is 1. The Bertz CT molecular complexity index is 780. The molecule has 0 aromatic carbocycles. The predicted molar refractivity (Wildman–Crippen MR) is 119 cm³/mol. The van der Waals surface area contributed by atoms with E-state index in [1.165, 1.54) is 19.3 Å². The number of urea groups is 1. The van der Waals surface area contributed by atoms with Crippen molar-refractivity contribution in [2.24, 2.45) is 0 Å². The van der Waals surface area contributed by atoms with Gasteiger partial charge in [0.15, 0.2) is 0 Å². The Labute approximate surface area is 183 Å². The number of hydrogen-bond donors (Lipinski definition) is 1. The van der Waals surface area contributed by atoms with Crippen LogP contribution in [0.2, 0.25) is 0 Å².